The Morgan fingerprint density at radius 1 is 0.913 bits per heavy atom. The van der Waals surface area contributed by atoms with Gasteiger partial charge in [0.1, 0.15) is 11.3 Å². The summed E-state index contributed by atoms with van der Waals surface area (Å²) in [5.74, 6) is -0.872. The minimum Gasteiger partial charge on any atom is -0.506 e. The van der Waals surface area contributed by atoms with E-state index in [2.05, 4.69) is 4.98 Å². The largest absolute Gasteiger partial charge is 0.506 e. The summed E-state index contributed by atoms with van der Waals surface area (Å²) in [6.07, 6.45) is 1.46. The Labute approximate surface area is 131 Å². The van der Waals surface area contributed by atoms with Gasteiger partial charge in [-0.3, -0.25) is 14.6 Å². The molecule has 0 radical (unpaired) electrons. The molecule has 2 heterocycles. The zero-order valence-corrected chi connectivity index (χ0v) is 12.3. The van der Waals surface area contributed by atoms with Gasteiger partial charge in [0, 0.05) is 11.6 Å². The summed E-state index contributed by atoms with van der Waals surface area (Å²) in [5.41, 5.74) is 2.56. The van der Waals surface area contributed by atoms with Crippen LogP contribution in [0.4, 0.5) is 5.69 Å². The fourth-order valence-corrected chi connectivity index (χ4v) is 2.87. The van der Waals surface area contributed by atoms with Gasteiger partial charge >= 0.3 is 0 Å². The van der Waals surface area contributed by atoms with Crippen molar-refractivity contribution < 1.29 is 14.7 Å². The molecule has 1 aliphatic rings. The zero-order valence-electron chi connectivity index (χ0n) is 12.3. The van der Waals surface area contributed by atoms with Crippen molar-refractivity contribution in [3.8, 4) is 5.75 Å². The molecule has 1 N–H and O–H groups in total. The molecular formula is C18H12N2O3. The molecule has 0 aliphatic carbocycles. The van der Waals surface area contributed by atoms with Crippen LogP contribution in [0.15, 0.2) is 48.7 Å². The van der Waals surface area contributed by atoms with Crippen LogP contribution in [-0.2, 0) is 0 Å². The van der Waals surface area contributed by atoms with E-state index in [9.17, 15) is 14.7 Å². The standard InChI is InChI=1S/C18H12N2O3/c1-10-2-4-11(5-3-10)20-17(22)12-6-7-14(21)16-15(12)13(18(20)23)8-9-19-16/h2-9,21H,1H3. The topological polar surface area (TPSA) is 70.5 Å². The molecule has 0 fully saturated rings. The van der Waals surface area contributed by atoms with Gasteiger partial charge in [-0.1, -0.05) is 17.7 Å². The molecule has 3 aromatic rings. The maximum atomic E-state index is 12.8. The molecule has 2 amide bonds. The molecule has 5 nitrogen and oxygen atoms in total. The number of phenols is 1. The van der Waals surface area contributed by atoms with Crippen molar-refractivity contribution in [2.75, 3.05) is 4.90 Å². The maximum absolute atomic E-state index is 12.8. The van der Waals surface area contributed by atoms with Gasteiger partial charge < -0.3 is 5.11 Å². The number of benzene rings is 2. The monoisotopic (exact) mass is 304 g/mol. The van der Waals surface area contributed by atoms with Crippen LogP contribution in [0.25, 0.3) is 10.9 Å². The summed E-state index contributed by atoms with van der Waals surface area (Å²) >= 11 is 0. The predicted octanol–water partition coefficient (Wildman–Crippen LogP) is 3.05. The number of pyridine rings is 1. The molecule has 23 heavy (non-hydrogen) atoms. The summed E-state index contributed by atoms with van der Waals surface area (Å²) in [7, 11) is 0. The van der Waals surface area contributed by atoms with E-state index in [1.807, 2.05) is 19.1 Å². The predicted molar refractivity (Wildman–Crippen MR) is 85.7 cm³/mol. The fourth-order valence-electron chi connectivity index (χ4n) is 2.87. The second kappa shape index (κ2) is 4.64. The van der Waals surface area contributed by atoms with Crippen molar-refractivity contribution in [2.24, 2.45) is 0 Å². The number of aromatic nitrogens is 1. The first-order chi connectivity index (χ1) is 11.1. The van der Waals surface area contributed by atoms with Crippen LogP contribution in [0.2, 0.25) is 0 Å². The fraction of sp³-hybridized carbons (Fsp3) is 0.0556. The Morgan fingerprint density at radius 3 is 2.26 bits per heavy atom. The molecule has 5 heteroatoms. The van der Waals surface area contributed by atoms with E-state index in [0.29, 0.717) is 22.2 Å². The number of anilines is 1. The highest BCUT2D eigenvalue weighted by Crippen LogP contribution is 2.35. The van der Waals surface area contributed by atoms with Crippen molar-refractivity contribution >= 4 is 28.4 Å². The number of imide groups is 1. The van der Waals surface area contributed by atoms with Crippen molar-refractivity contribution in [2.45, 2.75) is 6.92 Å². The number of rotatable bonds is 1. The highest BCUT2D eigenvalue weighted by molar-refractivity contribution is 6.35. The first-order valence-corrected chi connectivity index (χ1v) is 7.14. The Balaban J connectivity index is 1.99. The lowest BCUT2D eigenvalue weighted by Gasteiger charge is -2.27. The van der Waals surface area contributed by atoms with Gasteiger partial charge in [-0.15, -0.1) is 0 Å². The van der Waals surface area contributed by atoms with Gasteiger partial charge in [0.2, 0.25) is 0 Å². The van der Waals surface area contributed by atoms with Crippen molar-refractivity contribution in [3.05, 3.63) is 65.4 Å². The summed E-state index contributed by atoms with van der Waals surface area (Å²) in [6, 6.07) is 11.7. The third-order valence-electron chi connectivity index (χ3n) is 4.03. The lowest BCUT2D eigenvalue weighted by Crippen LogP contribution is -2.40. The number of aromatic hydroxyl groups is 1. The normalized spacial score (nSPS) is 13.7. The molecule has 1 aliphatic heterocycles. The molecule has 0 saturated heterocycles. The summed E-state index contributed by atoms with van der Waals surface area (Å²) in [6.45, 7) is 1.94. The van der Waals surface area contributed by atoms with Crippen LogP contribution in [-0.4, -0.2) is 21.9 Å². The highest BCUT2D eigenvalue weighted by Gasteiger charge is 2.34. The van der Waals surface area contributed by atoms with Crippen LogP contribution in [0.5, 0.6) is 5.75 Å². The molecule has 0 bridgehead atoms. The van der Waals surface area contributed by atoms with Crippen molar-refractivity contribution in [3.63, 3.8) is 0 Å². The quantitative estimate of drug-likeness (QED) is 0.701. The second-order valence-electron chi connectivity index (χ2n) is 5.50. The molecule has 1 aromatic heterocycles. The average molecular weight is 304 g/mol. The molecule has 2 aromatic carbocycles. The number of carbonyl (C=O) groups is 2. The van der Waals surface area contributed by atoms with Gasteiger partial charge in [0.25, 0.3) is 11.8 Å². The number of nitrogens with zero attached hydrogens (tertiary/aromatic N) is 2. The zero-order chi connectivity index (χ0) is 16.1. The number of amides is 2. The summed E-state index contributed by atoms with van der Waals surface area (Å²) < 4.78 is 0. The number of carbonyl (C=O) groups excluding carboxylic acids is 2. The number of hydrogen-bond donors (Lipinski definition) is 1. The van der Waals surface area contributed by atoms with Crippen LogP contribution in [0.3, 0.4) is 0 Å². The third kappa shape index (κ3) is 1.83. The van der Waals surface area contributed by atoms with Gasteiger partial charge in [-0.05, 0) is 37.3 Å². The van der Waals surface area contributed by atoms with Gasteiger partial charge in [0.15, 0.2) is 0 Å². The molecular weight excluding hydrogens is 292 g/mol. The van der Waals surface area contributed by atoms with Crippen molar-refractivity contribution in [1.82, 2.24) is 4.98 Å². The van der Waals surface area contributed by atoms with E-state index in [0.717, 1.165) is 10.5 Å². The molecule has 0 spiro atoms. The number of hydrogen-bond acceptors (Lipinski definition) is 4. The second-order valence-corrected chi connectivity index (χ2v) is 5.50. The van der Waals surface area contributed by atoms with E-state index in [1.54, 1.807) is 18.2 Å². The Morgan fingerprint density at radius 2 is 1.57 bits per heavy atom. The molecule has 4 rings (SSSR count). The van der Waals surface area contributed by atoms with Crippen LogP contribution >= 0.6 is 0 Å². The first kappa shape index (κ1) is 13.5. The Bertz CT molecular complexity index is 955. The van der Waals surface area contributed by atoms with E-state index in [-0.39, 0.29) is 11.3 Å². The lowest BCUT2D eigenvalue weighted by atomic mass is 9.96. The third-order valence-corrected chi connectivity index (χ3v) is 4.03. The van der Waals surface area contributed by atoms with E-state index >= 15 is 0 Å². The summed E-state index contributed by atoms with van der Waals surface area (Å²) in [5, 5.41) is 10.3. The van der Waals surface area contributed by atoms with Crippen LogP contribution in [0.1, 0.15) is 26.3 Å². The highest BCUT2D eigenvalue weighted by atomic mass is 16.3. The smallest absolute Gasteiger partial charge is 0.266 e. The van der Waals surface area contributed by atoms with Crippen molar-refractivity contribution in [1.29, 1.82) is 0 Å². The Kier molecular flexibility index (Phi) is 2.72. The minimum atomic E-state index is -0.413. The number of phenolic OH excluding ortho intramolecular Hbond substituents is 1. The van der Waals surface area contributed by atoms with Crippen LogP contribution in [0, 0.1) is 6.92 Å². The van der Waals surface area contributed by atoms with Crippen LogP contribution < -0.4 is 4.90 Å². The average Bonchev–Trinajstić information content (AvgIpc) is 2.56. The van der Waals surface area contributed by atoms with E-state index in [1.165, 1.54) is 18.3 Å². The maximum Gasteiger partial charge on any atom is 0.266 e. The van der Waals surface area contributed by atoms with Gasteiger partial charge in [0.05, 0.1) is 16.8 Å². The SMILES string of the molecule is Cc1ccc(N2C(=O)c3ccnc4c(O)ccc(c34)C2=O)cc1. The van der Waals surface area contributed by atoms with E-state index < -0.39 is 11.8 Å². The number of aryl methyl sites for hydroxylation is 1. The van der Waals surface area contributed by atoms with E-state index in [4.69, 9.17) is 0 Å². The van der Waals surface area contributed by atoms with Gasteiger partial charge in [-0.2, -0.15) is 0 Å². The lowest BCUT2D eigenvalue weighted by molar-refractivity contribution is 0.0893. The molecule has 0 atom stereocenters. The minimum absolute atomic E-state index is 0.0463. The van der Waals surface area contributed by atoms with Gasteiger partial charge in [-0.25, -0.2) is 4.90 Å². The Hall–Kier alpha value is -3.21. The molecule has 0 saturated carbocycles. The first-order valence-electron chi connectivity index (χ1n) is 7.14. The molecule has 112 valence electrons. The molecule has 0 unspecified atom stereocenters. The summed E-state index contributed by atoms with van der Waals surface area (Å²) in [4.78, 5) is 30.9.